The summed E-state index contributed by atoms with van der Waals surface area (Å²) >= 11 is 6.29. The molecule has 3 nitrogen and oxygen atoms in total. The van der Waals surface area contributed by atoms with Crippen LogP contribution in [0.25, 0.3) is 0 Å². The largest absolute Gasteiger partial charge is 0.493 e. The van der Waals surface area contributed by atoms with Crippen molar-refractivity contribution < 1.29 is 4.74 Å². The molecule has 0 radical (unpaired) electrons. The quantitative estimate of drug-likeness (QED) is 0.928. The van der Waals surface area contributed by atoms with Gasteiger partial charge < -0.3 is 10.1 Å². The number of benzene rings is 1. The monoisotopic (exact) mass is 308 g/mol. The van der Waals surface area contributed by atoms with Crippen LogP contribution in [-0.4, -0.2) is 36.7 Å². The Morgan fingerprint density at radius 2 is 2.24 bits per heavy atom. The summed E-state index contributed by atoms with van der Waals surface area (Å²) in [5, 5.41) is 4.43. The fourth-order valence-corrected chi connectivity index (χ4v) is 3.79. The van der Waals surface area contributed by atoms with Crippen molar-refractivity contribution >= 4 is 11.6 Å². The smallest absolute Gasteiger partial charge is 0.127 e. The number of hydrogen-bond donors (Lipinski definition) is 1. The molecule has 1 aromatic rings. The summed E-state index contributed by atoms with van der Waals surface area (Å²) in [6.07, 6.45) is 0.981. The van der Waals surface area contributed by atoms with E-state index in [1.54, 1.807) is 0 Å². The maximum Gasteiger partial charge on any atom is 0.127 e. The average molecular weight is 309 g/mol. The van der Waals surface area contributed by atoms with Gasteiger partial charge in [-0.1, -0.05) is 25.4 Å². The number of rotatable bonds is 3. The molecular formula is C17H25ClN2O. The van der Waals surface area contributed by atoms with Gasteiger partial charge in [0, 0.05) is 48.7 Å². The van der Waals surface area contributed by atoms with Gasteiger partial charge in [0.05, 0.1) is 6.61 Å². The fourth-order valence-electron chi connectivity index (χ4n) is 3.52. The van der Waals surface area contributed by atoms with Crippen molar-refractivity contribution in [3.05, 3.63) is 28.3 Å². The van der Waals surface area contributed by atoms with E-state index in [0.29, 0.717) is 18.0 Å². The van der Waals surface area contributed by atoms with Gasteiger partial charge in [0.1, 0.15) is 5.75 Å². The fraction of sp³-hybridized carbons (Fsp3) is 0.647. The van der Waals surface area contributed by atoms with Gasteiger partial charge in [0.15, 0.2) is 0 Å². The zero-order valence-corrected chi connectivity index (χ0v) is 13.9. The van der Waals surface area contributed by atoms with E-state index in [0.717, 1.165) is 43.4 Å². The molecule has 0 aliphatic carbocycles. The zero-order chi connectivity index (χ0) is 15.0. The highest BCUT2D eigenvalue weighted by atomic mass is 35.5. The highest BCUT2D eigenvalue weighted by Gasteiger charge is 2.29. The van der Waals surface area contributed by atoms with Gasteiger partial charge in [-0.25, -0.2) is 0 Å². The molecule has 1 saturated heterocycles. The molecule has 0 spiro atoms. The van der Waals surface area contributed by atoms with Crippen LogP contribution in [0.15, 0.2) is 12.1 Å². The summed E-state index contributed by atoms with van der Waals surface area (Å²) in [7, 11) is 0. The van der Waals surface area contributed by atoms with Crippen molar-refractivity contribution in [3.63, 3.8) is 0 Å². The van der Waals surface area contributed by atoms with E-state index in [4.69, 9.17) is 16.3 Å². The number of ether oxygens (including phenoxy) is 1. The Hall–Kier alpha value is -0.770. The van der Waals surface area contributed by atoms with Crippen LogP contribution < -0.4 is 10.1 Å². The topological polar surface area (TPSA) is 24.5 Å². The minimum Gasteiger partial charge on any atom is -0.493 e. The Labute approximate surface area is 132 Å². The molecule has 2 aliphatic heterocycles. The van der Waals surface area contributed by atoms with Gasteiger partial charge in [-0.15, -0.1) is 0 Å². The molecule has 0 amide bonds. The van der Waals surface area contributed by atoms with E-state index >= 15 is 0 Å². The lowest BCUT2D eigenvalue weighted by atomic mass is 9.97. The molecule has 3 rings (SSSR count). The standard InChI is InChI=1S/C17H25ClN2O/c1-11(2)16-8-19-12(3)9-20(16)10-14-7-15(18)6-13-4-5-21-17(13)14/h6-7,11-12,16,19H,4-5,8-10H2,1-3H3. The van der Waals surface area contributed by atoms with Crippen LogP contribution in [0.5, 0.6) is 5.75 Å². The third-order valence-electron chi connectivity index (χ3n) is 4.62. The van der Waals surface area contributed by atoms with Crippen molar-refractivity contribution in [3.8, 4) is 5.75 Å². The van der Waals surface area contributed by atoms with E-state index < -0.39 is 0 Å². The minimum absolute atomic E-state index is 0.535. The van der Waals surface area contributed by atoms with Gasteiger partial charge >= 0.3 is 0 Å². The van der Waals surface area contributed by atoms with Crippen LogP contribution in [0.4, 0.5) is 0 Å². The van der Waals surface area contributed by atoms with Gasteiger partial charge in [-0.05, 0) is 30.5 Å². The van der Waals surface area contributed by atoms with Crippen LogP contribution in [0.2, 0.25) is 5.02 Å². The molecule has 2 heterocycles. The molecule has 21 heavy (non-hydrogen) atoms. The van der Waals surface area contributed by atoms with Crippen LogP contribution in [-0.2, 0) is 13.0 Å². The summed E-state index contributed by atoms with van der Waals surface area (Å²) in [5.74, 6) is 1.71. The molecule has 2 aliphatic rings. The second-order valence-corrected chi connectivity index (χ2v) is 7.14. The molecule has 1 N–H and O–H groups in total. The lowest BCUT2D eigenvalue weighted by Crippen LogP contribution is -2.56. The van der Waals surface area contributed by atoms with Crippen molar-refractivity contribution in [2.75, 3.05) is 19.7 Å². The highest BCUT2D eigenvalue weighted by molar-refractivity contribution is 6.30. The Balaban J connectivity index is 1.84. The first kappa shape index (κ1) is 15.1. The van der Waals surface area contributed by atoms with E-state index in [2.05, 4.69) is 37.1 Å². The Morgan fingerprint density at radius 3 is 3.00 bits per heavy atom. The summed E-state index contributed by atoms with van der Waals surface area (Å²) in [5.41, 5.74) is 2.51. The third kappa shape index (κ3) is 3.20. The number of halogens is 1. The van der Waals surface area contributed by atoms with Crippen molar-refractivity contribution in [1.29, 1.82) is 0 Å². The predicted octanol–water partition coefficient (Wildman–Crippen LogP) is 3.09. The predicted molar refractivity (Wildman–Crippen MR) is 87.2 cm³/mol. The molecule has 0 bridgehead atoms. The van der Waals surface area contributed by atoms with Crippen molar-refractivity contribution in [2.45, 2.75) is 45.8 Å². The molecule has 0 aromatic heterocycles. The molecule has 116 valence electrons. The first-order valence-corrected chi connectivity index (χ1v) is 8.34. The van der Waals surface area contributed by atoms with E-state index in [9.17, 15) is 0 Å². The van der Waals surface area contributed by atoms with Gasteiger partial charge in [-0.2, -0.15) is 0 Å². The Kier molecular flexibility index (Phi) is 4.43. The number of nitrogens with one attached hydrogen (secondary N) is 1. The normalized spacial score (nSPS) is 26.0. The van der Waals surface area contributed by atoms with Gasteiger partial charge in [0.2, 0.25) is 0 Å². The Bertz CT molecular complexity index is 518. The number of hydrogen-bond acceptors (Lipinski definition) is 3. The SMILES string of the molecule is CC1CN(Cc2cc(Cl)cc3c2OCC3)C(C(C)C)CN1. The Morgan fingerprint density at radius 1 is 1.43 bits per heavy atom. The second kappa shape index (κ2) is 6.15. The second-order valence-electron chi connectivity index (χ2n) is 6.70. The molecule has 2 unspecified atom stereocenters. The number of nitrogens with zero attached hydrogens (tertiary/aromatic N) is 1. The van der Waals surface area contributed by atoms with E-state index in [1.165, 1.54) is 11.1 Å². The summed E-state index contributed by atoms with van der Waals surface area (Å²) in [4.78, 5) is 2.58. The van der Waals surface area contributed by atoms with Crippen LogP contribution in [0.3, 0.4) is 0 Å². The van der Waals surface area contributed by atoms with Crippen LogP contribution >= 0.6 is 11.6 Å². The lowest BCUT2D eigenvalue weighted by molar-refractivity contribution is 0.0947. The van der Waals surface area contributed by atoms with Crippen LogP contribution in [0, 0.1) is 5.92 Å². The molecule has 1 aromatic carbocycles. The summed E-state index contributed by atoms with van der Waals surface area (Å²) < 4.78 is 5.85. The van der Waals surface area contributed by atoms with E-state index in [-0.39, 0.29) is 0 Å². The third-order valence-corrected chi connectivity index (χ3v) is 4.84. The van der Waals surface area contributed by atoms with Gasteiger partial charge in [-0.3, -0.25) is 4.90 Å². The molecule has 2 atom stereocenters. The first-order chi connectivity index (χ1) is 10.0. The van der Waals surface area contributed by atoms with E-state index in [1.807, 2.05) is 6.07 Å². The molecule has 1 fully saturated rings. The number of fused-ring (bicyclic) bond motifs is 1. The van der Waals surface area contributed by atoms with Crippen molar-refractivity contribution in [2.24, 2.45) is 5.92 Å². The summed E-state index contributed by atoms with van der Waals surface area (Å²) in [6, 6.07) is 5.23. The highest BCUT2D eigenvalue weighted by Crippen LogP contribution is 2.34. The molecule has 4 heteroatoms. The van der Waals surface area contributed by atoms with Gasteiger partial charge in [0.25, 0.3) is 0 Å². The maximum atomic E-state index is 6.29. The molecular weight excluding hydrogens is 284 g/mol. The number of piperazine rings is 1. The zero-order valence-electron chi connectivity index (χ0n) is 13.2. The summed E-state index contributed by atoms with van der Waals surface area (Å²) in [6.45, 7) is 10.7. The lowest BCUT2D eigenvalue weighted by Gasteiger charge is -2.41. The minimum atomic E-state index is 0.535. The van der Waals surface area contributed by atoms with Crippen molar-refractivity contribution in [1.82, 2.24) is 10.2 Å². The molecule has 0 saturated carbocycles. The van der Waals surface area contributed by atoms with Crippen LogP contribution in [0.1, 0.15) is 31.9 Å². The first-order valence-electron chi connectivity index (χ1n) is 7.96. The maximum absolute atomic E-state index is 6.29. The average Bonchev–Trinajstić information content (AvgIpc) is 2.86.